The highest BCUT2D eigenvalue weighted by Crippen LogP contribution is 2.30. The van der Waals surface area contributed by atoms with Gasteiger partial charge in [0.1, 0.15) is 10.7 Å². The largest absolute Gasteiger partial charge is 0.366 e. The zero-order valence-corrected chi connectivity index (χ0v) is 13.1. The van der Waals surface area contributed by atoms with Crippen LogP contribution in [0.15, 0.2) is 23.2 Å². The molecule has 1 heterocycles. The summed E-state index contributed by atoms with van der Waals surface area (Å²) in [6, 6.07) is 3.60. The van der Waals surface area contributed by atoms with Crippen LogP contribution in [0.2, 0.25) is 0 Å². The number of nitrogens with zero attached hydrogens (tertiary/aromatic N) is 1. The highest BCUT2D eigenvalue weighted by molar-refractivity contribution is 7.90. The van der Waals surface area contributed by atoms with Gasteiger partial charge in [0.05, 0.1) is 0 Å². The van der Waals surface area contributed by atoms with E-state index in [0.29, 0.717) is 22.7 Å². The van der Waals surface area contributed by atoms with Gasteiger partial charge in [0.15, 0.2) is 9.84 Å². The molecule has 20 heavy (non-hydrogen) atoms. The van der Waals surface area contributed by atoms with Crippen molar-refractivity contribution in [1.29, 1.82) is 0 Å². The third-order valence-electron chi connectivity index (χ3n) is 4.15. The van der Waals surface area contributed by atoms with Crippen LogP contribution in [-0.2, 0) is 9.84 Å². The molecule has 0 radical (unpaired) electrons. The van der Waals surface area contributed by atoms with Crippen LogP contribution >= 0.6 is 0 Å². The van der Waals surface area contributed by atoms with Gasteiger partial charge in [0, 0.05) is 18.5 Å². The van der Waals surface area contributed by atoms with Crippen LogP contribution in [0.3, 0.4) is 0 Å². The van der Waals surface area contributed by atoms with E-state index in [4.69, 9.17) is 0 Å². The first-order valence-electron chi connectivity index (χ1n) is 7.44. The molecule has 1 unspecified atom stereocenters. The zero-order valence-electron chi connectivity index (χ0n) is 12.3. The first-order chi connectivity index (χ1) is 9.52. The van der Waals surface area contributed by atoms with Crippen LogP contribution in [-0.4, -0.2) is 25.7 Å². The van der Waals surface area contributed by atoms with Crippen molar-refractivity contribution in [2.45, 2.75) is 56.4 Å². The lowest BCUT2D eigenvalue weighted by Crippen LogP contribution is -2.31. The highest BCUT2D eigenvalue weighted by Gasteiger charge is 2.24. The fraction of sp³-hybridized carbons (Fsp3) is 0.667. The van der Waals surface area contributed by atoms with Crippen LogP contribution in [0, 0.1) is 5.92 Å². The van der Waals surface area contributed by atoms with Crippen LogP contribution in [0.25, 0.3) is 0 Å². The Balaban J connectivity index is 2.19. The monoisotopic (exact) mass is 296 g/mol. The number of anilines is 1. The van der Waals surface area contributed by atoms with Crippen LogP contribution in [0.5, 0.6) is 0 Å². The van der Waals surface area contributed by atoms with E-state index >= 15 is 0 Å². The summed E-state index contributed by atoms with van der Waals surface area (Å²) in [6.45, 7) is 2.15. The molecule has 1 aliphatic carbocycles. The van der Waals surface area contributed by atoms with Crippen molar-refractivity contribution in [3.05, 3.63) is 18.3 Å². The maximum atomic E-state index is 11.8. The first-order valence-corrected chi connectivity index (χ1v) is 9.33. The Morgan fingerprint density at radius 3 is 2.65 bits per heavy atom. The molecule has 0 spiro atoms. The lowest BCUT2D eigenvalue weighted by molar-refractivity contribution is 0.312. The average molecular weight is 296 g/mol. The van der Waals surface area contributed by atoms with E-state index in [-0.39, 0.29) is 0 Å². The molecule has 1 saturated carbocycles. The summed E-state index contributed by atoms with van der Waals surface area (Å²) in [7, 11) is -3.24. The molecule has 0 aliphatic heterocycles. The Bertz CT molecular complexity index is 537. The predicted molar refractivity (Wildman–Crippen MR) is 81.6 cm³/mol. The SMILES string of the molecule is CCC(Nc1ncccc1S(C)(=O)=O)C1CCCCC1. The molecule has 112 valence electrons. The molecular weight excluding hydrogens is 272 g/mol. The second-order valence-corrected chi connectivity index (χ2v) is 7.66. The quantitative estimate of drug-likeness (QED) is 0.906. The fourth-order valence-corrected chi connectivity index (χ4v) is 3.85. The Morgan fingerprint density at radius 1 is 1.35 bits per heavy atom. The summed E-state index contributed by atoms with van der Waals surface area (Å²) < 4.78 is 23.6. The molecule has 0 bridgehead atoms. The van der Waals surface area contributed by atoms with Gasteiger partial charge in [-0.05, 0) is 37.3 Å². The Morgan fingerprint density at radius 2 is 2.05 bits per heavy atom. The second-order valence-electron chi connectivity index (χ2n) is 5.68. The molecule has 5 heteroatoms. The molecule has 1 aromatic heterocycles. The minimum absolute atomic E-state index is 0.300. The van der Waals surface area contributed by atoms with Crippen LogP contribution in [0.4, 0.5) is 5.82 Å². The van der Waals surface area contributed by atoms with Gasteiger partial charge < -0.3 is 5.32 Å². The normalized spacial score (nSPS) is 18.7. The molecule has 0 aromatic carbocycles. The topological polar surface area (TPSA) is 59.1 Å². The lowest BCUT2D eigenvalue weighted by atomic mass is 9.83. The molecule has 1 aliphatic rings. The summed E-state index contributed by atoms with van der Waals surface area (Å²) in [5.41, 5.74) is 0. The molecular formula is C15H24N2O2S. The van der Waals surface area contributed by atoms with Crippen LogP contribution in [0.1, 0.15) is 45.4 Å². The van der Waals surface area contributed by atoms with Gasteiger partial charge in [0.25, 0.3) is 0 Å². The summed E-state index contributed by atoms with van der Waals surface area (Å²) in [4.78, 5) is 4.54. The number of rotatable bonds is 5. The zero-order chi connectivity index (χ0) is 14.6. The summed E-state index contributed by atoms with van der Waals surface area (Å²) >= 11 is 0. The second kappa shape index (κ2) is 6.57. The number of nitrogens with one attached hydrogen (secondary N) is 1. The molecule has 0 saturated heterocycles. The van der Waals surface area contributed by atoms with Crippen molar-refractivity contribution in [2.75, 3.05) is 11.6 Å². The minimum atomic E-state index is -3.24. The molecule has 0 amide bonds. The van der Waals surface area contributed by atoms with E-state index in [0.717, 1.165) is 6.42 Å². The maximum Gasteiger partial charge on any atom is 0.179 e. The summed E-state index contributed by atoms with van der Waals surface area (Å²) in [5, 5.41) is 3.38. The smallest absolute Gasteiger partial charge is 0.179 e. The average Bonchev–Trinajstić information content (AvgIpc) is 2.45. The van der Waals surface area contributed by atoms with Crippen molar-refractivity contribution in [3.8, 4) is 0 Å². The molecule has 2 rings (SSSR count). The fourth-order valence-electron chi connectivity index (χ4n) is 3.06. The number of hydrogen-bond acceptors (Lipinski definition) is 4. The van der Waals surface area contributed by atoms with Crippen molar-refractivity contribution in [2.24, 2.45) is 5.92 Å². The van der Waals surface area contributed by atoms with Crippen molar-refractivity contribution in [1.82, 2.24) is 4.98 Å². The van der Waals surface area contributed by atoms with E-state index in [1.807, 2.05) is 0 Å². The predicted octanol–water partition coefficient (Wildman–Crippen LogP) is 3.26. The van der Waals surface area contributed by atoms with E-state index in [9.17, 15) is 8.42 Å². The van der Waals surface area contributed by atoms with E-state index in [2.05, 4.69) is 17.2 Å². The minimum Gasteiger partial charge on any atom is -0.366 e. The number of aromatic nitrogens is 1. The van der Waals surface area contributed by atoms with Gasteiger partial charge in [-0.1, -0.05) is 26.2 Å². The van der Waals surface area contributed by atoms with Gasteiger partial charge in [-0.2, -0.15) is 0 Å². The molecule has 1 fully saturated rings. The van der Waals surface area contributed by atoms with Gasteiger partial charge >= 0.3 is 0 Å². The molecule has 1 atom stereocenters. The van der Waals surface area contributed by atoms with Crippen molar-refractivity contribution >= 4 is 15.7 Å². The third-order valence-corrected chi connectivity index (χ3v) is 5.28. The third kappa shape index (κ3) is 3.72. The highest BCUT2D eigenvalue weighted by atomic mass is 32.2. The maximum absolute atomic E-state index is 11.8. The van der Waals surface area contributed by atoms with E-state index < -0.39 is 9.84 Å². The Labute approximate surface area is 121 Å². The van der Waals surface area contributed by atoms with Crippen molar-refractivity contribution in [3.63, 3.8) is 0 Å². The summed E-state index contributed by atoms with van der Waals surface area (Å²) in [6.07, 6.45) is 10.2. The van der Waals surface area contributed by atoms with Gasteiger partial charge in [-0.25, -0.2) is 13.4 Å². The van der Waals surface area contributed by atoms with Crippen molar-refractivity contribution < 1.29 is 8.42 Å². The van der Waals surface area contributed by atoms with E-state index in [1.54, 1.807) is 18.3 Å². The summed E-state index contributed by atoms with van der Waals surface area (Å²) in [5.74, 6) is 1.13. The van der Waals surface area contributed by atoms with Gasteiger partial charge in [-0.3, -0.25) is 0 Å². The van der Waals surface area contributed by atoms with Gasteiger partial charge in [-0.15, -0.1) is 0 Å². The number of pyridine rings is 1. The molecule has 4 nitrogen and oxygen atoms in total. The first kappa shape index (κ1) is 15.3. The van der Waals surface area contributed by atoms with Crippen LogP contribution < -0.4 is 5.32 Å². The molecule has 1 N–H and O–H groups in total. The standard InChI is InChI=1S/C15H24N2O2S/c1-3-13(12-8-5-4-6-9-12)17-15-14(20(2,18)19)10-7-11-16-15/h7,10-13H,3-6,8-9H2,1-2H3,(H,16,17). The van der Waals surface area contributed by atoms with Gasteiger partial charge in [0.2, 0.25) is 0 Å². The Hall–Kier alpha value is -1.10. The lowest BCUT2D eigenvalue weighted by Gasteiger charge is -2.31. The number of hydrogen-bond donors (Lipinski definition) is 1. The molecule has 1 aromatic rings. The van der Waals surface area contributed by atoms with E-state index in [1.165, 1.54) is 38.4 Å². The Kier molecular flexibility index (Phi) is 5.02. The number of sulfone groups is 1.